The molecule has 0 aliphatic heterocycles. The van der Waals surface area contributed by atoms with E-state index in [-0.39, 0.29) is 11.2 Å². The summed E-state index contributed by atoms with van der Waals surface area (Å²) in [6.45, 7) is 6.14. The molecule has 0 spiro atoms. The first-order valence-corrected chi connectivity index (χ1v) is 10.6. The topological polar surface area (TPSA) is 84.1 Å². The van der Waals surface area contributed by atoms with Crippen molar-refractivity contribution < 1.29 is 13.6 Å². The number of carbonyl (C=O) groups is 1. The predicted molar refractivity (Wildman–Crippen MR) is 118 cm³/mol. The quantitative estimate of drug-likeness (QED) is 0.349. The first-order chi connectivity index (χ1) is 14.5. The lowest BCUT2D eigenvalue weighted by atomic mass is 10.0. The molecular formula is C23H23N3O3S. The minimum atomic E-state index is -0.352. The second-order valence-corrected chi connectivity index (χ2v) is 8.58. The molecule has 0 saturated carbocycles. The SMILES string of the molecule is CC(Sc1nc(-c2ccco2)c(-c2ccco2)[nH]1)C(=O)Nc1ccc(C(C)C)cc1. The van der Waals surface area contributed by atoms with E-state index in [9.17, 15) is 4.79 Å². The molecule has 4 rings (SSSR count). The predicted octanol–water partition coefficient (Wildman–Crippen LogP) is 6.17. The highest BCUT2D eigenvalue weighted by atomic mass is 32.2. The van der Waals surface area contributed by atoms with E-state index < -0.39 is 0 Å². The van der Waals surface area contributed by atoms with Gasteiger partial charge in [0.15, 0.2) is 16.7 Å². The monoisotopic (exact) mass is 421 g/mol. The van der Waals surface area contributed by atoms with Crippen molar-refractivity contribution in [3.63, 3.8) is 0 Å². The van der Waals surface area contributed by atoms with Crippen molar-refractivity contribution in [2.45, 2.75) is 37.1 Å². The molecule has 154 valence electrons. The van der Waals surface area contributed by atoms with E-state index >= 15 is 0 Å². The van der Waals surface area contributed by atoms with Crippen LogP contribution < -0.4 is 5.32 Å². The van der Waals surface area contributed by atoms with Crippen molar-refractivity contribution in [3.05, 3.63) is 66.6 Å². The zero-order valence-corrected chi connectivity index (χ0v) is 17.8. The third-order valence-corrected chi connectivity index (χ3v) is 5.69. The molecule has 0 saturated heterocycles. The average molecular weight is 422 g/mol. The fourth-order valence-electron chi connectivity index (χ4n) is 3.01. The van der Waals surface area contributed by atoms with Gasteiger partial charge in [-0.3, -0.25) is 4.79 Å². The molecule has 0 fully saturated rings. The standard InChI is InChI=1S/C23H23N3O3S/c1-14(2)16-8-10-17(11-9-16)24-22(27)15(3)30-23-25-20(18-6-4-12-28-18)21(26-23)19-7-5-13-29-19/h4-15H,1-3H3,(H,24,27)(H,25,26). The fourth-order valence-corrected chi connectivity index (χ4v) is 3.82. The molecule has 3 aromatic heterocycles. The van der Waals surface area contributed by atoms with E-state index in [0.717, 1.165) is 5.69 Å². The Hall–Kier alpha value is -3.19. The van der Waals surface area contributed by atoms with Gasteiger partial charge >= 0.3 is 0 Å². The molecule has 0 aliphatic carbocycles. The molecule has 30 heavy (non-hydrogen) atoms. The first kappa shape index (κ1) is 20.1. The molecule has 0 radical (unpaired) electrons. The normalized spacial score (nSPS) is 12.3. The summed E-state index contributed by atoms with van der Waals surface area (Å²) >= 11 is 1.35. The Balaban J connectivity index is 1.49. The number of carbonyl (C=O) groups excluding carboxylic acids is 1. The molecule has 1 unspecified atom stereocenters. The van der Waals surface area contributed by atoms with E-state index in [2.05, 4.69) is 29.1 Å². The van der Waals surface area contributed by atoms with Crippen LogP contribution >= 0.6 is 11.8 Å². The van der Waals surface area contributed by atoms with Gasteiger partial charge in [0.25, 0.3) is 0 Å². The number of aromatic amines is 1. The van der Waals surface area contributed by atoms with Gasteiger partial charge in [0, 0.05) is 5.69 Å². The lowest BCUT2D eigenvalue weighted by molar-refractivity contribution is -0.115. The number of H-pyrrole nitrogens is 1. The van der Waals surface area contributed by atoms with Gasteiger partial charge in [-0.2, -0.15) is 0 Å². The van der Waals surface area contributed by atoms with Crippen molar-refractivity contribution >= 4 is 23.4 Å². The van der Waals surface area contributed by atoms with Gasteiger partial charge in [-0.1, -0.05) is 37.7 Å². The Morgan fingerprint density at radius 3 is 2.27 bits per heavy atom. The zero-order valence-electron chi connectivity index (χ0n) is 17.0. The molecule has 0 aliphatic rings. The summed E-state index contributed by atoms with van der Waals surface area (Å²) in [5.41, 5.74) is 3.38. The summed E-state index contributed by atoms with van der Waals surface area (Å²) in [5, 5.41) is 3.23. The van der Waals surface area contributed by atoms with Crippen LogP contribution in [-0.4, -0.2) is 21.1 Å². The summed E-state index contributed by atoms with van der Waals surface area (Å²) in [7, 11) is 0. The van der Waals surface area contributed by atoms with Crippen molar-refractivity contribution in [2.75, 3.05) is 5.32 Å². The maximum absolute atomic E-state index is 12.7. The van der Waals surface area contributed by atoms with Crippen molar-refractivity contribution in [1.82, 2.24) is 9.97 Å². The summed E-state index contributed by atoms with van der Waals surface area (Å²) in [6, 6.07) is 15.3. The van der Waals surface area contributed by atoms with E-state index in [1.807, 2.05) is 55.5 Å². The number of hydrogen-bond donors (Lipinski definition) is 2. The number of anilines is 1. The Bertz CT molecular complexity index is 1050. The summed E-state index contributed by atoms with van der Waals surface area (Å²) in [4.78, 5) is 20.6. The van der Waals surface area contributed by atoms with Crippen LogP contribution in [0.1, 0.15) is 32.3 Å². The minimum Gasteiger partial charge on any atom is -0.463 e. The molecule has 7 heteroatoms. The summed E-state index contributed by atoms with van der Waals surface area (Å²) in [5.74, 6) is 1.65. The van der Waals surface area contributed by atoms with Gasteiger partial charge in [0.1, 0.15) is 11.4 Å². The molecule has 3 heterocycles. The molecular weight excluding hydrogens is 398 g/mol. The van der Waals surface area contributed by atoms with Crippen LogP contribution in [0.15, 0.2) is 75.0 Å². The highest BCUT2D eigenvalue weighted by Crippen LogP contribution is 2.34. The van der Waals surface area contributed by atoms with Gasteiger partial charge in [0.2, 0.25) is 5.91 Å². The van der Waals surface area contributed by atoms with Gasteiger partial charge in [-0.25, -0.2) is 4.98 Å². The van der Waals surface area contributed by atoms with Crippen LogP contribution in [0.4, 0.5) is 5.69 Å². The number of thioether (sulfide) groups is 1. The Morgan fingerprint density at radius 1 is 1.00 bits per heavy atom. The zero-order chi connectivity index (χ0) is 21.1. The first-order valence-electron chi connectivity index (χ1n) is 9.76. The van der Waals surface area contributed by atoms with Crippen molar-refractivity contribution in [2.24, 2.45) is 0 Å². The van der Waals surface area contributed by atoms with E-state index in [1.165, 1.54) is 17.3 Å². The minimum absolute atomic E-state index is 0.0900. The molecule has 6 nitrogen and oxygen atoms in total. The lowest BCUT2D eigenvalue weighted by Crippen LogP contribution is -2.22. The number of rotatable bonds is 7. The lowest BCUT2D eigenvalue weighted by Gasteiger charge is -2.12. The number of amides is 1. The number of hydrogen-bond acceptors (Lipinski definition) is 5. The maximum atomic E-state index is 12.7. The Morgan fingerprint density at radius 2 is 1.67 bits per heavy atom. The molecule has 1 aromatic carbocycles. The number of imidazole rings is 1. The van der Waals surface area contributed by atoms with Gasteiger partial charge in [0.05, 0.1) is 17.8 Å². The fraction of sp³-hybridized carbons (Fsp3) is 0.217. The van der Waals surface area contributed by atoms with Crippen LogP contribution in [0.5, 0.6) is 0 Å². The molecule has 0 bridgehead atoms. The van der Waals surface area contributed by atoms with Crippen molar-refractivity contribution in [3.8, 4) is 22.9 Å². The number of aromatic nitrogens is 2. The molecule has 1 amide bonds. The van der Waals surface area contributed by atoms with Crippen molar-refractivity contribution in [1.29, 1.82) is 0 Å². The number of nitrogens with zero attached hydrogens (tertiary/aromatic N) is 1. The van der Waals surface area contributed by atoms with Gasteiger partial charge in [-0.15, -0.1) is 0 Å². The highest BCUT2D eigenvalue weighted by molar-refractivity contribution is 8.00. The maximum Gasteiger partial charge on any atom is 0.237 e. The number of nitrogens with one attached hydrogen (secondary N) is 2. The third-order valence-electron chi connectivity index (χ3n) is 4.71. The van der Waals surface area contributed by atoms with Crippen LogP contribution in [0, 0.1) is 0 Å². The molecule has 2 N–H and O–H groups in total. The number of benzene rings is 1. The Labute approximate surface area is 179 Å². The second kappa shape index (κ2) is 8.67. The van der Waals surface area contributed by atoms with Gasteiger partial charge < -0.3 is 19.1 Å². The average Bonchev–Trinajstić information content (AvgIpc) is 3.49. The van der Waals surface area contributed by atoms with Gasteiger partial charge in [-0.05, 0) is 54.8 Å². The second-order valence-electron chi connectivity index (χ2n) is 7.25. The van der Waals surface area contributed by atoms with E-state index in [0.29, 0.717) is 34.0 Å². The van der Waals surface area contributed by atoms with E-state index in [1.54, 1.807) is 12.5 Å². The van der Waals surface area contributed by atoms with Crippen LogP contribution in [-0.2, 0) is 4.79 Å². The molecule has 1 atom stereocenters. The largest absolute Gasteiger partial charge is 0.463 e. The molecule has 4 aromatic rings. The van der Waals surface area contributed by atoms with Crippen LogP contribution in [0.3, 0.4) is 0 Å². The number of furan rings is 2. The summed E-state index contributed by atoms with van der Waals surface area (Å²) < 4.78 is 11.0. The smallest absolute Gasteiger partial charge is 0.237 e. The van der Waals surface area contributed by atoms with E-state index in [4.69, 9.17) is 8.83 Å². The summed E-state index contributed by atoms with van der Waals surface area (Å²) in [6.07, 6.45) is 3.21. The Kier molecular flexibility index (Phi) is 5.81. The highest BCUT2D eigenvalue weighted by Gasteiger charge is 2.22. The third kappa shape index (κ3) is 4.36. The van der Waals surface area contributed by atoms with Crippen LogP contribution in [0.2, 0.25) is 0 Å². The van der Waals surface area contributed by atoms with Crippen LogP contribution in [0.25, 0.3) is 22.9 Å².